The van der Waals surface area contributed by atoms with Crippen LogP contribution in [0.5, 0.6) is 0 Å². The first-order valence-electron chi connectivity index (χ1n) is 16.1. The van der Waals surface area contributed by atoms with Gasteiger partial charge in [-0.25, -0.2) is 0 Å². The molecule has 4 aliphatic heterocycles. The van der Waals surface area contributed by atoms with Gasteiger partial charge in [-0.2, -0.15) is 0 Å². The molecule has 0 bridgehead atoms. The van der Waals surface area contributed by atoms with Crippen LogP contribution in [0, 0.1) is 0 Å². The number of hydrogen-bond acceptors (Lipinski definition) is 6. The van der Waals surface area contributed by atoms with Crippen molar-refractivity contribution in [1.82, 2.24) is 0 Å². The highest BCUT2D eigenvalue weighted by molar-refractivity contribution is 8.02. The van der Waals surface area contributed by atoms with Crippen molar-refractivity contribution in [3.8, 4) is 11.1 Å². The second-order valence-electron chi connectivity index (χ2n) is 12.7. The zero-order valence-electron chi connectivity index (χ0n) is 25.2. The summed E-state index contributed by atoms with van der Waals surface area (Å²) in [5.74, 6) is 0. The highest BCUT2D eigenvalue weighted by Gasteiger charge is 2.48. The van der Waals surface area contributed by atoms with Gasteiger partial charge in [-0.3, -0.25) is 0 Å². The number of furan rings is 2. The lowest BCUT2D eigenvalue weighted by Crippen LogP contribution is -2.63. The number of fused-ring (bicyclic) bond motifs is 13. The first-order valence-corrected chi connectivity index (χ1v) is 19.3. The molecule has 8 aromatic rings. The molecule has 6 heterocycles. The van der Waals surface area contributed by atoms with Crippen LogP contribution in [0.1, 0.15) is 0 Å². The van der Waals surface area contributed by atoms with E-state index in [1.54, 1.807) is 0 Å². The van der Waals surface area contributed by atoms with Crippen molar-refractivity contribution in [2.75, 3.05) is 0 Å². The molecule has 0 unspecified atom stereocenters. The molecule has 12 rings (SSSR count). The van der Waals surface area contributed by atoms with E-state index in [2.05, 4.69) is 121 Å². The molecular weight excluding hydrogens is 662 g/mol. The highest BCUT2D eigenvalue weighted by atomic mass is 32.2. The van der Waals surface area contributed by atoms with Gasteiger partial charge in [-0.15, -0.1) is 0 Å². The normalized spacial score (nSPS) is 14.7. The van der Waals surface area contributed by atoms with E-state index in [1.807, 2.05) is 47.0 Å². The molecule has 0 radical (unpaired) electrons. The summed E-state index contributed by atoms with van der Waals surface area (Å²) >= 11 is 7.58. The summed E-state index contributed by atoms with van der Waals surface area (Å²) in [6.07, 6.45) is 0. The van der Waals surface area contributed by atoms with Crippen LogP contribution < -0.4 is 33.2 Å². The first-order chi connectivity index (χ1) is 23.8. The maximum absolute atomic E-state index is 6.89. The molecule has 0 N–H and O–H groups in total. The first kappa shape index (κ1) is 26.8. The molecule has 0 spiro atoms. The van der Waals surface area contributed by atoms with E-state index in [0.29, 0.717) is 0 Å². The third-order valence-electron chi connectivity index (χ3n) is 10.1. The number of rotatable bonds is 1. The maximum Gasteiger partial charge on any atom is 0.293 e. The fraction of sp³-hybridized carbons (Fsp3) is 0. The van der Waals surface area contributed by atoms with Crippen molar-refractivity contribution in [1.29, 1.82) is 0 Å². The van der Waals surface area contributed by atoms with Crippen LogP contribution in [0.25, 0.3) is 33.1 Å². The third-order valence-corrected chi connectivity index (χ3v) is 14.9. The Kier molecular flexibility index (Phi) is 5.46. The molecule has 48 heavy (non-hydrogen) atoms. The molecule has 0 atom stereocenters. The average Bonchev–Trinajstić information content (AvgIpc) is 3.70. The van der Waals surface area contributed by atoms with E-state index in [4.69, 9.17) is 8.83 Å². The summed E-state index contributed by atoms with van der Waals surface area (Å²) in [6.45, 7) is 0.0425. The minimum absolute atomic E-state index is 0.0000141. The predicted molar refractivity (Wildman–Crippen MR) is 203 cm³/mol. The summed E-state index contributed by atoms with van der Waals surface area (Å²) in [5.41, 5.74) is 12.0. The quantitative estimate of drug-likeness (QED) is 0.165. The van der Waals surface area contributed by atoms with Crippen molar-refractivity contribution in [2.24, 2.45) is 0 Å². The highest BCUT2D eigenvalue weighted by Crippen LogP contribution is 2.46. The lowest BCUT2D eigenvalue weighted by molar-refractivity contribution is 0.645. The minimum atomic E-state index is 0.0000141. The average molecular weight is 682 g/mol. The third kappa shape index (κ3) is 3.54. The van der Waals surface area contributed by atoms with Crippen LogP contribution in [-0.4, -0.2) is 13.4 Å². The lowest BCUT2D eigenvalue weighted by atomic mass is 9.35. The van der Waals surface area contributed by atoms with Gasteiger partial charge >= 0.3 is 0 Å². The minimum Gasteiger partial charge on any atom is -0.469 e. The Balaban J connectivity index is 1.14. The van der Waals surface area contributed by atoms with Gasteiger partial charge in [0.05, 0.1) is 21.1 Å². The number of hydrogen-bond donors (Lipinski definition) is 0. The van der Waals surface area contributed by atoms with E-state index in [9.17, 15) is 0 Å². The molecular formula is C40H20B2O2S4. The maximum atomic E-state index is 6.89. The van der Waals surface area contributed by atoms with Crippen LogP contribution in [0.2, 0.25) is 0 Å². The Hall–Kier alpha value is -4.07. The van der Waals surface area contributed by atoms with Crippen LogP contribution in [0.4, 0.5) is 0 Å². The molecule has 8 heteroatoms. The van der Waals surface area contributed by atoms with Gasteiger partial charge in [0.2, 0.25) is 0 Å². The standard InChI is InChI=1S/C40H20B2O2S4/c1-2-9-21(10-3-1)22-19-31-34-32(20-22)48-37-24-12-5-7-14-27(24)44-40(37)42(34)35-30(45-31)18-17-25-38(35)47-29-16-8-15-28-33(29)41(25)39-36(46-28)23-11-4-6-13-26(23)43-39/h1-20H. The second kappa shape index (κ2) is 9.76. The summed E-state index contributed by atoms with van der Waals surface area (Å²) in [4.78, 5) is 10.4. The van der Waals surface area contributed by atoms with E-state index in [0.717, 1.165) is 22.5 Å². The Morgan fingerprint density at radius 1 is 0.396 bits per heavy atom. The van der Waals surface area contributed by atoms with Crippen LogP contribution in [0.15, 0.2) is 169 Å². The summed E-state index contributed by atoms with van der Waals surface area (Å²) in [6, 6.07) is 44.2. The molecule has 0 saturated heterocycles. The lowest BCUT2D eigenvalue weighted by Gasteiger charge is -2.36. The largest absolute Gasteiger partial charge is 0.469 e. The van der Waals surface area contributed by atoms with Gasteiger partial charge < -0.3 is 8.83 Å². The fourth-order valence-electron chi connectivity index (χ4n) is 8.09. The van der Waals surface area contributed by atoms with E-state index >= 15 is 0 Å². The van der Waals surface area contributed by atoms with Gasteiger partial charge in [-0.05, 0) is 82.1 Å². The summed E-state index contributed by atoms with van der Waals surface area (Å²) in [5, 5.41) is 2.39. The van der Waals surface area contributed by atoms with Gasteiger partial charge in [0.1, 0.15) is 11.2 Å². The van der Waals surface area contributed by atoms with Crippen LogP contribution >= 0.6 is 47.0 Å². The Bertz CT molecular complexity index is 2720. The van der Waals surface area contributed by atoms with Gasteiger partial charge in [0.15, 0.2) is 0 Å². The monoisotopic (exact) mass is 682 g/mol. The molecule has 0 saturated carbocycles. The van der Waals surface area contributed by atoms with Crippen molar-refractivity contribution in [2.45, 2.75) is 39.2 Å². The second-order valence-corrected chi connectivity index (χ2v) is 16.9. The molecule has 0 aliphatic carbocycles. The molecule has 6 aromatic carbocycles. The fourth-order valence-corrected chi connectivity index (χ4v) is 13.4. The zero-order chi connectivity index (χ0) is 31.1. The Morgan fingerprint density at radius 2 is 0.958 bits per heavy atom. The van der Waals surface area contributed by atoms with Crippen molar-refractivity contribution < 1.29 is 8.83 Å². The number of benzene rings is 6. The van der Waals surface area contributed by atoms with Crippen LogP contribution in [-0.2, 0) is 0 Å². The smallest absolute Gasteiger partial charge is 0.293 e. The van der Waals surface area contributed by atoms with Gasteiger partial charge in [0, 0.05) is 40.1 Å². The van der Waals surface area contributed by atoms with Gasteiger partial charge in [-0.1, -0.05) is 119 Å². The van der Waals surface area contributed by atoms with E-state index in [1.165, 1.54) is 82.9 Å². The Morgan fingerprint density at radius 3 is 1.69 bits per heavy atom. The van der Waals surface area contributed by atoms with Crippen molar-refractivity contribution in [3.63, 3.8) is 0 Å². The molecule has 0 amide bonds. The van der Waals surface area contributed by atoms with Crippen molar-refractivity contribution in [3.05, 3.63) is 121 Å². The summed E-state index contributed by atoms with van der Waals surface area (Å²) in [7, 11) is 0. The Labute approximate surface area is 294 Å². The van der Waals surface area contributed by atoms with Gasteiger partial charge in [0.25, 0.3) is 13.4 Å². The zero-order valence-corrected chi connectivity index (χ0v) is 28.4. The summed E-state index contributed by atoms with van der Waals surface area (Å²) < 4.78 is 13.7. The van der Waals surface area contributed by atoms with Crippen molar-refractivity contribution >= 4 is 116 Å². The SMILES string of the molecule is c1ccc(-c2cc3c4c(c2)Sc2c(oc5ccccc25)B4c2c(ccc4c2Sc2cccc5c2B4c2oc4ccccc4c2S5)S3)cc1. The predicted octanol–water partition coefficient (Wildman–Crippen LogP) is 7.74. The molecule has 0 fully saturated rings. The van der Waals surface area contributed by atoms with E-state index in [-0.39, 0.29) is 13.4 Å². The number of para-hydroxylation sites is 2. The van der Waals surface area contributed by atoms with Crippen LogP contribution in [0.3, 0.4) is 0 Å². The molecule has 222 valence electrons. The topological polar surface area (TPSA) is 26.3 Å². The molecule has 2 nitrogen and oxygen atoms in total. The molecule has 4 aliphatic rings. The van der Waals surface area contributed by atoms with E-state index < -0.39 is 0 Å². The molecule has 2 aromatic heterocycles.